The standard InChI is InChI=1S/C24H19F2N5OS.C5H12.C2H6/c1-11-4-5-31(8-11)24-29-7-13-14-9-32-10-15(14)19(21(26)22(13)30-24)20-16(25)2-3-17-18(20)12(6-27)23(28)33-17;1-4-5(2)3;1-2/h2-3,7,11H,4-5,8-10,28H2,1H3;5H,4H2,1-3H3;1-2H3. The van der Waals surface area contributed by atoms with E-state index >= 15 is 8.78 Å². The second kappa shape index (κ2) is 12.4. The number of aromatic nitrogens is 2. The first-order valence-electron chi connectivity index (χ1n) is 14.0. The van der Waals surface area contributed by atoms with E-state index in [2.05, 4.69) is 43.7 Å². The van der Waals surface area contributed by atoms with Crippen molar-refractivity contribution in [2.24, 2.45) is 11.8 Å². The van der Waals surface area contributed by atoms with Crippen LogP contribution in [0.25, 0.3) is 32.1 Å². The van der Waals surface area contributed by atoms with Gasteiger partial charge in [-0.2, -0.15) is 5.26 Å². The van der Waals surface area contributed by atoms with Gasteiger partial charge in [0.15, 0.2) is 5.82 Å². The number of fused-ring (bicyclic) bond motifs is 4. The number of nitrogens with zero attached hydrogens (tertiary/aromatic N) is 4. The number of rotatable bonds is 3. The van der Waals surface area contributed by atoms with Crippen LogP contribution in [0.5, 0.6) is 0 Å². The third-order valence-electron chi connectivity index (χ3n) is 7.41. The van der Waals surface area contributed by atoms with Crippen LogP contribution in [0.4, 0.5) is 19.7 Å². The number of nitrogen functional groups attached to an aromatic ring is 1. The van der Waals surface area contributed by atoms with Crippen LogP contribution in [0.2, 0.25) is 0 Å². The average molecular weight is 566 g/mol. The highest BCUT2D eigenvalue weighted by atomic mass is 32.1. The maximum absolute atomic E-state index is 16.3. The first-order valence-corrected chi connectivity index (χ1v) is 14.8. The second-order valence-electron chi connectivity index (χ2n) is 10.5. The van der Waals surface area contributed by atoms with Gasteiger partial charge in [0, 0.05) is 45.9 Å². The van der Waals surface area contributed by atoms with Crippen molar-refractivity contribution in [3.8, 4) is 17.2 Å². The van der Waals surface area contributed by atoms with Gasteiger partial charge in [0.1, 0.15) is 22.4 Å². The second-order valence-corrected chi connectivity index (χ2v) is 11.5. The molecule has 2 aliphatic rings. The number of nitriles is 1. The molecule has 9 heteroatoms. The maximum Gasteiger partial charge on any atom is 0.225 e. The molecule has 0 amide bonds. The van der Waals surface area contributed by atoms with E-state index in [-0.39, 0.29) is 40.4 Å². The van der Waals surface area contributed by atoms with Gasteiger partial charge < -0.3 is 15.4 Å². The molecule has 0 aliphatic carbocycles. The Morgan fingerprint density at radius 1 is 1.20 bits per heavy atom. The molecule has 2 aliphatic heterocycles. The van der Waals surface area contributed by atoms with Crippen molar-refractivity contribution < 1.29 is 13.5 Å². The quantitative estimate of drug-likeness (QED) is 0.269. The summed E-state index contributed by atoms with van der Waals surface area (Å²) in [6.07, 6.45) is 3.97. The number of benzene rings is 2. The molecule has 0 spiro atoms. The summed E-state index contributed by atoms with van der Waals surface area (Å²) in [5.74, 6) is 0.608. The lowest BCUT2D eigenvalue weighted by Crippen LogP contribution is -2.21. The van der Waals surface area contributed by atoms with Gasteiger partial charge >= 0.3 is 0 Å². The zero-order chi connectivity index (χ0) is 29.1. The summed E-state index contributed by atoms with van der Waals surface area (Å²) in [4.78, 5) is 11.1. The molecule has 4 heterocycles. The van der Waals surface area contributed by atoms with Crippen molar-refractivity contribution in [2.45, 2.75) is 67.6 Å². The van der Waals surface area contributed by atoms with E-state index in [1.54, 1.807) is 12.3 Å². The molecule has 0 radical (unpaired) electrons. The molecule has 2 N–H and O–H groups in total. The topological polar surface area (TPSA) is 88.1 Å². The Kier molecular flexibility index (Phi) is 9.22. The molecule has 4 aromatic rings. The van der Waals surface area contributed by atoms with Gasteiger partial charge in [-0.3, -0.25) is 0 Å². The number of halogens is 2. The number of hydrogen-bond acceptors (Lipinski definition) is 7. The van der Waals surface area contributed by atoms with Gasteiger partial charge in [0.05, 0.1) is 18.8 Å². The number of ether oxygens (including phenoxy) is 1. The van der Waals surface area contributed by atoms with Crippen LogP contribution >= 0.6 is 11.3 Å². The summed E-state index contributed by atoms with van der Waals surface area (Å²) in [7, 11) is 0. The third-order valence-corrected chi connectivity index (χ3v) is 8.39. The van der Waals surface area contributed by atoms with Crippen molar-refractivity contribution in [2.75, 3.05) is 23.7 Å². The molecule has 1 unspecified atom stereocenters. The van der Waals surface area contributed by atoms with Crippen LogP contribution in [0.3, 0.4) is 0 Å². The summed E-state index contributed by atoms with van der Waals surface area (Å²) < 4.78 is 37.9. The van der Waals surface area contributed by atoms with E-state index in [0.717, 1.165) is 31.0 Å². The van der Waals surface area contributed by atoms with Crippen molar-refractivity contribution in [3.05, 3.63) is 46.7 Å². The van der Waals surface area contributed by atoms with E-state index in [1.165, 1.54) is 23.8 Å². The molecule has 2 aromatic heterocycles. The lowest BCUT2D eigenvalue weighted by Gasteiger charge is -2.18. The third kappa shape index (κ3) is 5.35. The molecule has 6 rings (SSSR count). The fourth-order valence-corrected chi connectivity index (χ4v) is 5.90. The predicted octanol–water partition coefficient (Wildman–Crippen LogP) is 8.20. The molecule has 6 nitrogen and oxygen atoms in total. The van der Waals surface area contributed by atoms with Crippen LogP contribution in [-0.4, -0.2) is 23.1 Å². The Morgan fingerprint density at radius 2 is 1.90 bits per heavy atom. The summed E-state index contributed by atoms with van der Waals surface area (Å²) >= 11 is 1.19. The van der Waals surface area contributed by atoms with Crippen LogP contribution < -0.4 is 10.6 Å². The van der Waals surface area contributed by atoms with E-state index in [1.807, 2.05) is 18.7 Å². The van der Waals surface area contributed by atoms with Gasteiger partial charge in [0.2, 0.25) is 5.95 Å². The molecule has 212 valence electrons. The SMILES string of the molecule is CC.CC1CCN(c2ncc3c4c(c(-c5c(F)ccc6sc(N)c(C#N)c56)c(F)c3n2)COC4)C1.CCC(C)C. The van der Waals surface area contributed by atoms with Crippen LogP contribution in [0, 0.1) is 34.8 Å². The van der Waals surface area contributed by atoms with Crippen molar-refractivity contribution in [3.63, 3.8) is 0 Å². The Balaban J connectivity index is 0.000000479. The van der Waals surface area contributed by atoms with Crippen molar-refractivity contribution in [1.29, 1.82) is 5.26 Å². The fraction of sp³-hybridized carbons (Fsp3) is 0.452. The smallest absolute Gasteiger partial charge is 0.225 e. The summed E-state index contributed by atoms with van der Waals surface area (Å²) in [5, 5.41) is 10.9. The van der Waals surface area contributed by atoms with E-state index in [4.69, 9.17) is 10.5 Å². The fourth-order valence-electron chi connectivity index (χ4n) is 4.97. The van der Waals surface area contributed by atoms with Crippen LogP contribution in [-0.2, 0) is 18.0 Å². The zero-order valence-electron chi connectivity index (χ0n) is 24.1. The Hall–Kier alpha value is -3.35. The van der Waals surface area contributed by atoms with Crippen LogP contribution in [0.1, 0.15) is 71.1 Å². The molecule has 1 atom stereocenters. The van der Waals surface area contributed by atoms with Gasteiger partial charge in [-0.25, -0.2) is 18.7 Å². The molecule has 1 fully saturated rings. The van der Waals surface area contributed by atoms with E-state index < -0.39 is 11.6 Å². The monoisotopic (exact) mass is 565 g/mol. The highest BCUT2D eigenvalue weighted by Gasteiger charge is 2.31. The lowest BCUT2D eigenvalue weighted by molar-refractivity contribution is 0.135. The van der Waals surface area contributed by atoms with Gasteiger partial charge in [-0.1, -0.05) is 48.0 Å². The minimum absolute atomic E-state index is 0.0353. The average Bonchev–Trinajstić information content (AvgIpc) is 3.69. The molecular formula is C31H37F2N5OS. The highest BCUT2D eigenvalue weighted by molar-refractivity contribution is 7.23. The molecule has 0 saturated carbocycles. The number of anilines is 2. The summed E-state index contributed by atoms with van der Waals surface area (Å²) in [5.41, 5.74) is 7.76. The minimum Gasteiger partial charge on any atom is -0.389 e. The maximum atomic E-state index is 16.3. The zero-order valence-corrected chi connectivity index (χ0v) is 24.9. The van der Waals surface area contributed by atoms with Crippen LogP contribution in [0.15, 0.2) is 18.3 Å². The number of hydrogen-bond donors (Lipinski definition) is 1. The largest absolute Gasteiger partial charge is 0.389 e. The first-order chi connectivity index (χ1) is 19.2. The number of nitrogens with two attached hydrogens (primary N) is 1. The number of thiophene rings is 1. The summed E-state index contributed by atoms with van der Waals surface area (Å²) in [6, 6.07) is 4.92. The molecule has 0 bridgehead atoms. The first kappa shape index (κ1) is 29.6. The normalized spacial score (nSPS) is 16.0. The van der Waals surface area contributed by atoms with Gasteiger partial charge in [-0.15, -0.1) is 11.3 Å². The summed E-state index contributed by atoms with van der Waals surface area (Å²) in [6.45, 7) is 14.8. The molecule has 1 saturated heterocycles. The van der Waals surface area contributed by atoms with Crippen molar-refractivity contribution in [1.82, 2.24) is 9.97 Å². The van der Waals surface area contributed by atoms with Gasteiger partial charge in [-0.05, 0) is 41.5 Å². The molecule has 40 heavy (non-hydrogen) atoms. The Morgan fingerprint density at radius 3 is 2.52 bits per heavy atom. The van der Waals surface area contributed by atoms with E-state index in [9.17, 15) is 5.26 Å². The Labute approximate surface area is 238 Å². The predicted molar refractivity (Wildman–Crippen MR) is 160 cm³/mol. The van der Waals surface area contributed by atoms with E-state index in [0.29, 0.717) is 32.9 Å². The molecular weight excluding hydrogens is 528 g/mol. The minimum atomic E-state index is -0.634. The Bertz CT molecular complexity index is 1580. The molecule has 2 aromatic carbocycles. The van der Waals surface area contributed by atoms with Gasteiger partial charge in [0.25, 0.3) is 0 Å². The van der Waals surface area contributed by atoms with Crippen molar-refractivity contribution >= 4 is 43.3 Å². The highest BCUT2D eigenvalue weighted by Crippen LogP contribution is 2.46. The lowest BCUT2D eigenvalue weighted by atomic mass is 9.90.